The van der Waals surface area contributed by atoms with Crippen LogP contribution >= 0.6 is 11.6 Å². The lowest BCUT2D eigenvalue weighted by Gasteiger charge is -2.41. The number of nitrogens with zero attached hydrogens (tertiary/aromatic N) is 3. The second-order valence-electron chi connectivity index (χ2n) is 21.2. The molecule has 3 aliphatic heterocycles. The average Bonchev–Trinajstić information content (AvgIpc) is 4.31. The van der Waals surface area contributed by atoms with E-state index in [9.17, 15) is 48.6 Å². The Morgan fingerprint density at radius 2 is 1.74 bits per heavy atom. The van der Waals surface area contributed by atoms with Crippen LogP contribution in [0.1, 0.15) is 91.2 Å². The van der Waals surface area contributed by atoms with Crippen molar-refractivity contribution < 1.29 is 72.3 Å². The fraction of sp³-hybridized carbons (Fsp3) is 0.564. The topological polar surface area (TPSA) is 336 Å². The van der Waals surface area contributed by atoms with Crippen LogP contribution in [0, 0.1) is 11.8 Å². The monoisotopic (exact) mass is 1140 g/mol. The summed E-state index contributed by atoms with van der Waals surface area (Å²) in [6, 6.07) is 6.28. The molecule has 4 bridgehead atoms. The van der Waals surface area contributed by atoms with Crippen LogP contribution in [0.5, 0.6) is 5.75 Å². The third-order valence-corrected chi connectivity index (χ3v) is 15.1. The standard InChI is InChI=1S/C55H78ClN9O15/c1-30(2)46(57)49(70)61-37(15-12-22-59-51(58)72)48(69)60-36-20-18-34(19-21-36)29-77-53(74)63(7)23-13-17-43(67)64(8)33(5)50(71)79-42-27-44(68)65(9)38-25-35(26-39(76-10)45(38)56)24-31(3)14-11-16-41(66)55(75)28-40(78-52(73)62-55)32(4)47-54(42,6)80-47/h11,14,16,18-21,25-26,30,32-33,37,40-42,46-47,66,75H,12-13,15,17,22-24,27-29,57H2,1-10H3,(H,60,69)(H,61,70)(H,62,73)(H3,58,59,72)/b16-11+,31-14+/t32-,33+,37+,40+,41-,42+,46+,47?,54+,55+/m1/s1. The number of hydrogen-bond acceptors (Lipinski definition) is 16. The molecule has 5 rings (SSSR count). The lowest BCUT2D eigenvalue weighted by Crippen LogP contribution is -2.63. The number of benzene rings is 2. The Balaban J connectivity index is 1.19. The smallest absolute Gasteiger partial charge is 0.409 e. The number of carbonyl (C=O) groups excluding carboxylic acids is 8. The zero-order valence-corrected chi connectivity index (χ0v) is 47.8. The average molecular weight is 1140 g/mol. The minimum atomic E-state index is -2.12. The van der Waals surface area contributed by atoms with E-state index in [0.29, 0.717) is 35.5 Å². The molecule has 80 heavy (non-hydrogen) atoms. The maximum atomic E-state index is 14.3. The largest absolute Gasteiger partial charge is 0.495 e. The maximum absolute atomic E-state index is 14.3. The Hall–Kier alpha value is -6.99. The number of methoxy groups -OCH3 is 1. The van der Waals surface area contributed by atoms with E-state index in [2.05, 4.69) is 21.3 Å². The minimum Gasteiger partial charge on any atom is -0.495 e. The van der Waals surface area contributed by atoms with E-state index in [1.54, 1.807) is 76.2 Å². The highest BCUT2D eigenvalue weighted by molar-refractivity contribution is 6.35. The number of carbonyl (C=O) groups is 8. The Kier molecular flexibility index (Phi) is 22.3. The number of anilines is 2. The highest BCUT2D eigenvalue weighted by Gasteiger charge is 2.64. The van der Waals surface area contributed by atoms with E-state index in [1.807, 2.05) is 6.92 Å². The minimum absolute atomic E-state index is 0.0736. The van der Waals surface area contributed by atoms with Crippen LogP contribution in [0.15, 0.2) is 60.2 Å². The van der Waals surface area contributed by atoms with E-state index in [4.69, 9.17) is 46.8 Å². The van der Waals surface area contributed by atoms with Gasteiger partial charge in [-0.2, -0.15) is 0 Å². The van der Waals surface area contributed by atoms with Gasteiger partial charge in [-0.15, -0.1) is 0 Å². The van der Waals surface area contributed by atoms with Crippen LogP contribution in [0.2, 0.25) is 5.02 Å². The Morgan fingerprint density at radius 1 is 1.05 bits per heavy atom. The second kappa shape index (κ2) is 27.9. The summed E-state index contributed by atoms with van der Waals surface area (Å²) in [4.78, 5) is 109. The molecule has 1 unspecified atom stereocenters. The molecule has 0 saturated carbocycles. The van der Waals surface area contributed by atoms with Gasteiger partial charge in [0.15, 0.2) is 5.72 Å². The summed E-state index contributed by atoms with van der Waals surface area (Å²) >= 11 is 6.79. The van der Waals surface area contributed by atoms with Crippen molar-refractivity contribution in [3.05, 3.63) is 76.3 Å². The number of amides is 8. The first-order valence-electron chi connectivity index (χ1n) is 26.5. The first-order valence-corrected chi connectivity index (χ1v) is 26.8. The number of halogens is 1. The highest BCUT2D eigenvalue weighted by Crippen LogP contribution is 2.49. The van der Waals surface area contributed by atoms with Crippen LogP contribution in [0.4, 0.5) is 25.8 Å². The molecule has 2 fully saturated rings. The molecule has 10 N–H and O–H groups in total. The number of ether oxygens (including phenoxy) is 5. The zero-order chi connectivity index (χ0) is 59.4. The molecule has 2 saturated heterocycles. The third kappa shape index (κ3) is 16.8. The van der Waals surface area contributed by atoms with Crippen LogP contribution < -0.4 is 42.4 Å². The molecule has 0 aliphatic carbocycles. The first-order chi connectivity index (χ1) is 37.6. The van der Waals surface area contributed by atoms with Gasteiger partial charge in [-0.1, -0.05) is 68.3 Å². The van der Waals surface area contributed by atoms with Crippen LogP contribution in [0.3, 0.4) is 0 Å². The lowest BCUT2D eigenvalue weighted by molar-refractivity contribution is -0.162. The number of aliphatic hydroxyl groups excluding tert-OH is 1. The Bertz CT molecular complexity index is 2660. The molecule has 0 radical (unpaired) electrons. The van der Waals surface area contributed by atoms with E-state index >= 15 is 0 Å². The van der Waals surface area contributed by atoms with Crippen molar-refractivity contribution in [1.82, 2.24) is 25.8 Å². The predicted molar refractivity (Wildman–Crippen MR) is 295 cm³/mol. The van der Waals surface area contributed by atoms with Crippen molar-refractivity contribution >= 4 is 70.8 Å². The number of allylic oxidation sites excluding steroid dienone is 3. The second-order valence-corrected chi connectivity index (χ2v) is 21.6. The summed E-state index contributed by atoms with van der Waals surface area (Å²) in [7, 11) is 5.90. The van der Waals surface area contributed by atoms with Gasteiger partial charge in [0, 0.05) is 58.7 Å². The van der Waals surface area contributed by atoms with Gasteiger partial charge in [-0.25, -0.2) is 19.2 Å². The highest BCUT2D eigenvalue weighted by atomic mass is 35.5. The van der Waals surface area contributed by atoms with Crippen molar-refractivity contribution in [3.63, 3.8) is 0 Å². The van der Waals surface area contributed by atoms with Crippen molar-refractivity contribution in [2.45, 2.75) is 147 Å². The number of rotatable bonds is 19. The van der Waals surface area contributed by atoms with E-state index in [1.165, 1.54) is 56.0 Å². The van der Waals surface area contributed by atoms with Gasteiger partial charge >= 0.3 is 24.2 Å². The van der Waals surface area contributed by atoms with Gasteiger partial charge in [0.25, 0.3) is 0 Å². The number of fused-ring (bicyclic) bond motifs is 5. The SMILES string of the molecule is COc1cc2cc(c1Cl)N(C)C(=O)C[C@H](OC(=O)[C@H](C)N(C)C(=O)CCCN(C)C(=O)OCc1ccc(NC(=O)[C@H](CCCNC(N)=O)NC(=O)[C@@H](N)C(C)C)cc1)[C@]1(C)OC1[C@H](C)[C@@H]1C[C@@](O)(NC(=O)O1)[C@H](O)/C=C/C=C(\C)C2. The molecular formula is C55H78ClN9O15. The number of aliphatic hydroxyl groups is 2. The number of nitrogens with two attached hydrogens (primary N) is 2. The molecule has 8 amide bonds. The van der Waals surface area contributed by atoms with Crippen molar-refractivity contribution in [1.29, 1.82) is 0 Å². The van der Waals surface area contributed by atoms with Crippen molar-refractivity contribution in [2.75, 3.05) is 51.6 Å². The molecule has 3 aliphatic rings. The van der Waals surface area contributed by atoms with Crippen LogP contribution in [0.25, 0.3) is 0 Å². The summed E-state index contributed by atoms with van der Waals surface area (Å²) in [6.07, 6.45) is -1.25. The molecule has 440 valence electrons. The molecule has 24 nitrogen and oxygen atoms in total. The Morgan fingerprint density at radius 3 is 2.39 bits per heavy atom. The number of primary amides is 1. The number of hydrogen-bond donors (Lipinski definition) is 8. The maximum Gasteiger partial charge on any atom is 0.409 e. The number of epoxide rings is 1. The molecule has 25 heteroatoms. The molecule has 2 aromatic rings. The number of urea groups is 1. The van der Waals surface area contributed by atoms with Gasteiger partial charge < -0.3 is 76.0 Å². The fourth-order valence-corrected chi connectivity index (χ4v) is 9.53. The quantitative estimate of drug-likeness (QED) is 0.0430. The number of likely N-dealkylation sites (N-methyl/N-ethyl adjacent to an activating group) is 1. The van der Waals surface area contributed by atoms with E-state index < -0.39 is 114 Å². The number of alkyl carbamates (subject to hydrolysis) is 1. The molecular weight excluding hydrogens is 1060 g/mol. The summed E-state index contributed by atoms with van der Waals surface area (Å²) in [6.45, 7) is 10.4. The third-order valence-electron chi connectivity index (χ3n) is 14.7. The van der Waals surface area contributed by atoms with Crippen molar-refractivity contribution in [2.24, 2.45) is 23.3 Å². The van der Waals surface area contributed by atoms with Gasteiger partial charge in [0.1, 0.15) is 53.4 Å². The fourth-order valence-electron chi connectivity index (χ4n) is 9.22. The summed E-state index contributed by atoms with van der Waals surface area (Å²) < 4.78 is 29.0. The van der Waals surface area contributed by atoms with Gasteiger partial charge in [0.05, 0.1) is 31.4 Å². The number of esters is 1. The summed E-state index contributed by atoms with van der Waals surface area (Å²) in [5, 5.41) is 33.1. The zero-order valence-electron chi connectivity index (χ0n) is 47.0. The van der Waals surface area contributed by atoms with E-state index in [0.717, 1.165) is 11.1 Å². The number of nitrogens with one attached hydrogen (secondary N) is 4. The summed E-state index contributed by atoms with van der Waals surface area (Å²) in [5.74, 6) is -3.36. The molecule has 3 heterocycles. The van der Waals surface area contributed by atoms with Gasteiger partial charge in [0.2, 0.25) is 23.6 Å². The molecule has 0 aromatic heterocycles. The molecule has 10 atom stereocenters. The van der Waals surface area contributed by atoms with Gasteiger partial charge in [-0.05, 0) is 87.8 Å². The normalized spacial score (nSPS) is 25.1. The van der Waals surface area contributed by atoms with Crippen LogP contribution in [-0.2, 0) is 55.9 Å². The van der Waals surface area contributed by atoms with Crippen LogP contribution in [-0.4, -0.2) is 163 Å². The first kappa shape index (κ1) is 63.8. The van der Waals surface area contributed by atoms with E-state index in [-0.39, 0.29) is 56.3 Å². The van der Waals surface area contributed by atoms with Crippen molar-refractivity contribution in [3.8, 4) is 5.75 Å². The van der Waals surface area contributed by atoms with Gasteiger partial charge in [-0.3, -0.25) is 24.5 Å². The summed E-state index contributed by atoms with van der Waals surface area (Å²) in [5.41, 5.74) is 10.5. The molecule has 0 spiro atoms. The lowest BCUT2D eigenvalue weighted by atomic mass is 9.83. The predicted octanol–water partition coefficient (Wildman–Crippen LogP) is 3.76. The Labute approximate surface area is 471 Å². The molecule has 2 aromatic carbocycles.